The van der Waals surface area contributed by atoms with Crippen LogP contribution in [0.25, 0.3) is 0 Å². The minimum Gasteiger partial charge on any atom is -0.454 e. The molecule has 4 rings (SSSR count). The molecule has 180 valence electrons. The molecule has 1 unspecified atom stereocenters. The Labute approximate surface area is 202 Å². The molecule has 0 saturated carbocycles. The van der Waals surface area contributed by atoms with Crippen molar-refractivity contribution in [1.29, 1.82) is 0 Å². The molecule has 2 amide bonds. The van der Waals surface area contributed by atoms with E-state index in [0.29, 0.717) is 33.4 Å². The maximum Gasteiger partial charge on any atom is 0.433 e. The van der Waals surface area contributed by atoms with Gasteiger partial charge in [0.15, 0.2) is 17.2 Å². The molecule has 34 heavy (non-hydrogen) atoms. The van der Waals surface area contributed by atoms with Crippen LogP contribution in [-0.2, 0) is 15.1 Å². The first-order valence-electron chi connectivity index (χ1n) is 10.9. The van der Waals surface area contributed by atoms with Crippen molar-refractivity contribution in [3.8, 4) is 11.5 Å². The SMILES string of the molecule is CC(C)OC(=O)NC1(c2ccc3c(c2)OCO3)CC(c2ccccc2Cl)=NN1C(=O)OC(C)C. The number of rotatable bonds is 5. The highest BCUT2D eigenvalue weighted by atomic mass is 35.5. The zero-order chi connectivity index (χ0) is 24.5. The Bertz CT molecular complexity index is 1140. The van der Waals surface area contributed by atoms with Crippen LogP contribution >= 0.6 is 11.6 Å². The van der Waals surface area contributed by atoms with E-state index in [1.807, 2.05) is 6.07 Å². The summed E-state index contributed by atoms with van der Waals surface area (Å²) in [5.41, 5.74) is 0.193. The number of nitrogens with zero attached hydrogens (tertiary/aromatic N) is 2. The third-order valence-corrected chi connectivity index (χ3v) is 5.53. The molecule has 0 aliphatic carbocycles. The number of hydrazone groups is 1. The molecule has 0 spiro atoms. The van der Waals surface area contributed by atoms with Crippen molar-refractivity contribution in [1.82, 2.24) is 10.3 Å². The van der Waals surface area contributed by atoms with E-state index in [9.17, 15) is 9.59 Å². The number of hydrogen-bond donors (Lipinski definition) is 1. The topological polar surface area (TPSA) is 98.7 Å². The highest BCUT2D eigenvalue weighted by molar-refractivity contribution is 6.34. The molecule has 2 aromatic carbocycles. The monoisotopic (exact) mass is 487 g/mol. The van der Waals surface area contributed by atoms with Gasteiger partial charge in [-0.25, -0.2) is 9.59 Å². The van der Waals surface area contributed by atoms with E-state index in [2.05, 4.69) is 10.4 Å². The lowest BCUT2D eigenvalue weighted by atomic mass is 9.91. The molecule has 2 aliphatic rings. The highest BCUT2D eigenvalue weighted by Gasteiger charge is 2.51. The van der Waals surface area contributed by atoms with Gasteiger partial charge < -0.3 is 18.9 Å². The number of amides is 2. The third-order valence-electron chi connectivity index (χ3n) is 5.20. The quantitative estimate of drug-likeness (QED) is 0.636. The summed E-state index contributed by atoms with van der Waals surface area (Å²) in [4.78, 5) is 26.1. The number of nitrogens with one attached hydrogen (secondary N) is 1. The van der Waals surface area contributed by atoms with Crippen LogP contribution in [0.2, 0.25) is 5.02 Å². The molecule has 0 saturated heterocycles. The van der Waals surface area contributed by atoms with Gasteiger partial charge in [-0.3, -0.25) is 5.32 Å². The van der Waals surface area contributed by atoms with Gasteiger partial charge in [-0.2, -0.15) is 10.1 Å². The van der Waals surface area contributed by atoms with Crippen LogP contribution in [0.15, 0.2) is 47.6 Å². The molecule has 0 fully saturated rings. The van der Waals surface area contributed by atoms with Crippen LogP contribution in [-0.4, -0.2) is 41.9 Å². The van der Waals surface area contributed by atoms with Crippen LogP contribution in [0.3, 0.4) is 0 Å². The molecule has 9 nitrogen and oxygen atoms in total. The van der Waals surface area contributed by atoms with E-state index in [4.69, 9.17) is 30.5 Å². The second-order valence-electron chi connectivity index (χ2n) is 8.46. The first kappa shape index (κ1) is 23.7. The molecular formula is C24H26ClN3O6. The van der Waals surface area contributed by atoms with Gasteiger partial charge in [-0.15, -0.1) is 0 Å². The van der Waals surface area contributed by atoms with Gasteiger partial charge in [0.05, 0.1) is 17.9 Å². The van der Waals surface area contributed by atoms with Gasteiger partial charge in [0, 0.05) is 22.6 Å². The summed E-state index contributed by atoms with van der Waals surface area (Å²) in [7, 11) is 0. The molecule has 10 heteroatoms. The third kappa shape index (κ3) is 4.61. The molecule has 1 atom stereocenters. The second-order valence-corrected chi connectivity index (χ2v) is 8.86. The van der Waals surface area contributed by atoms with Crippen LogP contribution in [0, 0.1) is 0 Å². The Balaban J connectivity index is 1.85. The fraction of sp³-hybridized carbons (Fsp3) is 0.375. The van der Waals surface area contributed by atoms with E-state index >= 15 is 0 Å². The average Bonchev–Trinajstić information content (AvgIpc) is 3.37. The first-order chi connectivity index (χ1) is 16.2. The Kier molecular flexibility index (Phi) is 6.56. The van der Waals surface area contributed by atoms with Gasteiger partial charge in [0.25, 0.3) is 0 Å². The smallest absolute Gasteiger partial charge is 0.433 e. The molecule has 2 heterocycles. The molecule has 1 N–H and O–H groups in total. The average molecular weight is 488 g/mol. The fourth-order valence-electron chi connectivity index (χ4n) is 3.81. The summed E-state index contributed by atoms with van der Waals surface area (Å²) >= 11 is 6.44. The van der Waals surface area contributed by atoms with Crippen LogP contribution in [0.1, 0.15) is 45.2 Å². The number of benzene rings is 2. The molecule has 0 radical (unpaired) electrons. The van der Waals surface area contributed by atoms with E-state index in [1.54, 1.807) is 64.1 Å². The predicted molar refractivity (Wildman–Crippen MR) is 125 cm³/mol. The fourth-order valence-corrected chi connectivity index (χ4v) is 4.06. The lowest BCUT2D eigenvalue weighted by Gasteiger charge is -2.36. The van der Waals surface area contributed by atoms with E-state index in [1.165, 1.54) is 0 Å². The van der Waals surface area contributed by atoms with E-state index < -0.39 is 24.0 Å². The predicted octanol–water partition coefficient (Wildman–Crippen LogP) is 5.01. The largest absolute Gasteiger partial charge is 0.454 e. The summed E-state index contributed by atoms with van der Waals surface area (Å²) in [6.07, 6.45) is -2.14. The van der Waals surface area contributed by atoms with Crippen molar-refractivity contribution >= 4 is 29.5 Å². The minimum absolute atomic E-state index is 0.0785. The van der Waals surface area contributed by atoms with Gasteiger partial charge in [-0.1, -0.05) is 35.9 Å². The molecule has 0 bridgehead atoms. The lowest BCUT2D eigenvalue weighted by Crippen LogP contribution is -2.56. The van der Waals surface area contributed by atoms with Gasteiger partial charge in [-0.05, 0) is 45.9 Å². The normalized spacial score (nSPS) is 18.8. The van der Waals surface area contributed by atoms with Crippen LogP contribution < -0.4 is 14.8 Å². The van der Waals surface area contributed by atoms with E-state index in [-0.39, 0.29) is 19.3 Å². The summed E-state index contributed by atoms with van der Waals surface area (Å²) < 4.78 is 21.8. The molecule has 0 aromatic heterocycles. The van der Waals surface area contributed by atoms with Crippen LogP contribution in [0.4, 0.5) is 9.59 Å². The van der Waals surface area contributed by atoms with Crippen molar-refractivity contribution < 1.29 is 28.5 Å². The summed E-state index contributed by atoms with van der Waals surface area (Å²) in [6.45, 7) is 7.01. The lowest BCUT2D eigenvalue weighted by molar-refractivity contribution is 0.0233. The Morgan fingerprint density at radius 1 is 1.06 bits per heavy atom. The Hall–Kier alpha value is -3.46. The number of ether oxygens (including phenoxy) is 4. The highest BCUT2D eigenvalue weighted by Crippen LogP contribution is 2.43. The van der Waals surface area contributed by atoms with Crippen LogP contribution in [0.5, 0.6) is 11.5 Å². The van der Waals surface area contributed by atoms with Crippen molar-refractivity contribution in [3.05, 3.63) is 58.6 Å². The summed E-state index contributed by atoms with van der Waals surface area (Å²) in [6, 6.07) is 12.3. The van der Waals surface area contributed by atoms with Crippen molar-refractivity contribution in [3.63, 3.8) is 0 Å². The zero-order valence-corrected chi connectivity index (χ0v) is 20.1. The number of alkyl carbamates (subject to hydrolysis) is 1. The molecular weight excluding hydrogens is 462 g/mol. The number of hydrogen-bond acceptors (Lipinski definition) is 7. The summed E-state index contributed by atoms with van der Waals surface area (Å²) in [5, 5.41) is 9.03. The Morgan fingerprint density at radius 2 is 1.76 bits per heavy atom. The minimum atomic E-state index is -1.46. The molecule has 2 aromatic rings. The zero-order valence-electron chi connectivity index (χ0n) is 19.3. The van der Waals surface area contributed by atoms with Crippen molar-refractivity contribution in [2.45, 2.75) is 52.0 Å². The van der Waals surface area contributed by atoms with Gasteiger partial charge >= 0.3 is 12.2 Å². The summed E-state index contributed by atoms with van der Waals surface area (Å²) in [5.74, 6) is 1.05. The van der Waals surface area contributed by atoms with Gasteiger partial charge in [0.1, 0.15) is 0 Å². The Morgan fingerprint density at radius 3 is 2.47 bits per heavy atom. The number of fused-ring (bicyclic) bond motifs is 1. The number of carbonyl (C=O) groups excluding carboxylic acids is 2. The maximum atomic E-state index is 13.3. The van der Waals surface area contributed by atoms with Crippen molar-refractivity contribution in [2.24, 2.45) is 5.10 Å². The van der Waals surface area contributed by atoms with Gasteiger partial charge in [0.2, 0.25) is 6.79 Å². The number of carbonyl (C=O) groups is 2. The van der Waals surface area contributed by atoms with Crippen molar-refractivity contribution in [2.75, 3.05) is 6.79 Å². The van der Waals surface area contributed by atoms with E-state index in [0.717, 1.165) is 5.01 Å². The second kappa shape index (κ2) is 9.42. The number of halogens is 1. The molecule has 2 aliphatic heterocycles. The maximum absolute atomic E-state index is 13.3. The standard InChI is InChI=1S/C24H26ClN3O6/c1-14(2)33-22(29)26-24(16-9-10-20-21(11-16)32-13-31-20)12-19(17-7-5-6-8-18(17)25)27-28(24)23(30)34-15(3)4/h5-11,14-15H,12-13H2,1-4H3,(H,26,29). The first-order valence-corrected chi connectivity index (χ1v) is 11.3.